The van der Waals surface area contributed by atoms with Crippen molar-refractivity contribution in [2.24, 2.45) is 0 Å². The maximum atomic E-state index is 12.0. The number of nitrogens with zero attached hydrogens (tertiary/aromatic N) is 3. The van der Waals surface area contributed by atoms with Crippen LogP contribution in [-0.2, 0) is 30.9 Å². The molecule has 0 spiro atoms. The van der Waals surface area contributed by atoms with E-state index in [4.69, 9.17) is 4.74 Å². The Morgan fingerprint density at radius 2 is 1.82 bits per heavy atom. The summed E-state index contributed by atoms with van der Waals surface area (Å²) in [5.41, 5.74) is 0.127. The number of methoxy groups -OCH3 is 1. The third-order valence-electron chi connectivity index (χ3n) is 3.82. The number of rotatable bonds is 6. The molecule has 1 aliphatic rings. The van der Waals surface area contributed by atoms with E-state index in [2.05, 4.69) is 10.2 Å². The van der Waals surface area contributed by atoms with Gasteiger partial charge in [0.15, 0.2) is 0 Å². The molecule has 0 fully saturated rings. The number of hydrogen-bond donors (Lipinski definition) is 1. The molecular weight excluding hydrogens is 406 g/mol. The lowest BCUT2D eigenvalue weighted by Crippen LogP contribution is -2.26. The van der Waals surface area contributed by atoms with E-state index in [0.717, 1.165) is 12.2 Å². The van der Waals surface area contributed by atoms with Crippen molar-refractivity contribution in [3.63, 3.8) is 0 Å². The molecule has 146 valence electrons. The van der Waals surface area contributed by atoms with Crippen LogP contribution in [0.15, 0.2) is 52.8 Å². The lowest BCUT2D eigenvalue weighted by Gasteiger charge is -2.27. The summed E-state index contributed by atoms with van der Waals surface area (Å²) < 4.78 is 38.7. The highest BCUT2D eigenvalue weighted by Crippen LogP contribution is 2.39. The monoisotopic (exact) mass is 421 g/mol. The van der Waals surface area contributed by atoms with Crippen LogP contribution >= 0.6 is 11.3 Å². The highest BCUT2D eigenvalue weighted by atomic mass is 32.2. The minimum Gasteiger partial charge on any atom is -0.494 e. The first-order valence-electron chi connectivity index (χ1n) is 8.01. The van der Waals surface area contributed by atoms with Crippen LogP contribution in [0.1, 0.15) is 11.9 Å². The Labute approximate surface area is 164 Å². The molecular formula is C17H15N3O6S2. The Bertz CT molecular complexity index is 1120. The van der Waals surface area contributed by atoms with Crippen LogP contribution in [0.2, 0.25) is 0 Å². The van der Waals surface area contributed by atoms with Crippen LogP contribution in [0.5, 0.6) is 0 Å². The third kappa shape index (κ3) is 3.72. The average Bonchev–Trinajstić information content (AvgIpc) is 3.13. The summed E-state index contributed by atoms with van der Waals surface area (Å²) in [6.07, 6.45) is 2.65. The van der Waals surface area contributed by atoms with Crippen LogP contribution in [0.3, 0.4) is 0 Å². The molecule has 0 radical (unpaired) electrons. The Hall–Kier alpha value is -2.89. The minimum absolute atomic E-state index is 0.0279. The van der Waals surface area contributed by atoms with E-state index in [0.29, 0.717) is 11.4 Å². The molecule has 0 saturated carbocycles. The van der Waals surface area contributed by atoms with Crippen LogP contribution in [0.25, 0.3) is 0 Å². The van der Waals surface area contributed by atoms with Gasteiger partial charge in [0.05, 0.1) is 18.5 Å². The Kier molecular flexibility index (Phi) is 5.40. The van der Waals surface area contributed by atoms with E-state index in [1.54, 1.807) is 6.07 Å². The summed E-state index contributed by atoms with van der Waals surface area (Å²) in [4.78, 5) is 24.7. The molecule has 1 aromatic carbocycles. The number of allylic oxidation sites excluding steroid dienone is 2. The van der Waals surface area contributed by atoms with Crippen molar-refractivity contribution in [2.45, 2.75) is 18.2 Å². The lowest BCUT2D eigenvalue weighted by molar-refractivity contribution is -0.131. The van der Waals surface area contributed by atoms with Gasteiger partial charge in [-0.25, -0.2) is 0 Å². The zero-order valence-corrected chi connectivity index (χ0v) is 16.5. The van der Waals surface area contributed by atoms with E-state index < -0.39 is 26.6 Å². The predicted molar refractivity (Wildman–Crippen MR) is 101 cm³/mol. The summed E-state index contributed by atoms with van der Waals surface area (Å²) in [5.74, 6) is -1.52. The second kappa shape index (κ2) is 7.62. The largest absolute Gasteiger partial charge is 0.494 e. The highest BCUT2D eigenvalue weighted by molar-refractivity contribution is 7.86. The third-order valence-corrected chi connectivity index (χ3v) is 5.77. The van der Waals surface area contributed by atoms with Gasteiger partial charge >= 0.3 is 0 Å². The van der Waals surface area contributed by atoms with E-state index >= 15 is 0 Å². The second-order valence-electron chi connectivity index (χ2n) is 5.58. The van der Waals surface area contributed by atoms with E-state index in [1.807, 2.05) is 6.92 Å². The van der Waals surface area contributed by atoms with Crippen molar-refractivity contribution in [3.8, 4) is 0 Å². The van der Waals surface area contributed by atoms with Gasteiger partial charge in [-0.05, 0) is 18.6 Å². The summed E-state index contributed by atoms with van der Waals surface area (Å²) in [6.45, 7) is 1.88. The number of ether oxygens (including phenoxy) is 1. The van der Waals surface area contributed by atoms with Crippen LogP contribution in [0.4, 0.5) is 10.8 Å². The van der Waals surface area contributed by atoms with Crippen molar-refractivity contribution < 1.29 is 27.3 Å². The fraction of sp³-hybridized carbons (Fsp3) is 0.176. The Morgan fingerprint density at radius 3 is 2.43 bits per heavy atom. The Morgan fingerprint density at radius 1 is 1.14 bits per heavy atom. The molecule has 1 N–H and O–H groups in total. The first-order chi connectivity index (χ1) is 13.3. The molecule has 1 heterocycles. The number of aryl methyl sites for hydroxylation is 1. The molecule has 1 aliphatic carbocycles. The van der Waals surface area contributed by atoms with Crippen LogP contribution < -0.4 is 4.90 Å². The summed E-state index contributed by atoms with van der Waals surface area (Å²) in [7, 11) is -3.28. The standard InChI is InChI=1S/C17H15N3O6S2/c1-3-16-18-19-17(27-16)20(10-6-4-5-7-15(10)28(23,24)25)11-8-12(21)13(22)9-14(11)26-2/h4-9H,3H2,1-2H3,(H,23,24,25). The average molecular weight is 421 g/mol. The van der Waals surface area contributed by atoms with Gasteiger partial charge in [-0.3, -0.25) is 19.0 Å². The number of carbonyl (C=O) groups is 2. The first kappa shape index (κ1) is 19.9. The number of anilines is 2. The zero-order valence-electron chi connectivity index (χ0n) is 14.8. The molecule has 0 aliphatic heterocycles. The number of carbonyl (C=O) groups excluding carboxylic acids is 2. The van der Waals surface area contributed by atoms with Crippen LogP contribution in [0, 0.1) is 0 Å². The highest BCUT2D eigenvalue weighted by Gasteiger charge is 2.31. The summed E-state index contributed by atoms with van der Waals surface area (Å²) in [5, 5.41) is 9.01. The molecule has 0 atom stereocenters. The first-order valence-corrected chi connectivity index (χ1v) is 10.3. The van der Waals surface area contributed by atoms with Gasteiger partial charge in [0.2, 0.25) is 16.7 Å². The fourth-order valence-corrected chi connectivity index (χ4v) is 4.02. The van der Waals surface area contributed by atoms with Gasteiger partial charge in [0.25, 0.3) is 10.1 Å². The number of aromatic nitrogens is 2. The summed E-state index contributed by atoms with van der Waals surface area (Å²) in [6, 6.07) is 5.65. The molecule has 0 saturated heterocycles. The SMILES string of the molecule is CCc1nnc(N(C2=CC(=O)C(=O)C=C2OC)c2ccccc2S(=O)(=O)O)s1. The van der Waals surface area contributed by atoms with E-state index in [-0.39, 0.29) is 22.3 Å². The van der Waals surface area contributed by atoms with Gasteiger partial charge < -0.3 is 4.74 Å². The molecule has 2 aromatic rings. The van der Waals surface area contributed by atoms with Crippen molar-refractivity contribution in [1.29, 1.82) is 0 Å². The topological polar surface area (TPSA) is 127 Å². The van der Waals surface area contributed by atoms with Gasteiger partial charge in [0.1, 0.15) is 15.7 Å². The maximum absolute atomic E-state index is 12.0. The molecule has 3 rings (SSSR count). The van der Waals surface area contributed by atoms with E-state index in [9.17, 15) is 22.6 Å². The normalized spacial score (nSPS) is 14.5. The quantitative estimate of drug-likeness (QED) is 0.423. The van der Waals surface area contributed by atoms with E-state index in [1.165, 1.54) is 41.5 Å². The van der Waals surface area contributed by atoms with Gasteiger partial charge in [-0.2, -0.15) is 8.42 Å². The van der Waals surface area contributed by atoms with Gasteiger partial charge in [0, 0.05) is 12.2 Å². The molecule has 28 heavy (non-hydrogen) atoms. The summed E-state index contributed by atoms with van der Waals surface area (Å²) >= 11 is 1.17. The molecule has 9 nitrogen and oxygen atoms in total. The van der Waals surface area contributed by atoms with Crippen molar-refractivity contribution >= 4 is 43.8 Å². The molecule has 1 aromatic heterocycles. The Balaban J connectivity index is 2.29. The number of hydrogen-bond acceptors (Lipinski definition) is 9. The smallest absolute Gasteiger partial charge is 0.296 e. The van der Waals surface area contributed by atoms with Crippen molar-refractivity contribution in [2.75, 3.05) is 12.0 Å². The predicted octanol–water partition coefficient (Wildman–Crippen LogP) is 2.05. The molecule has 0 bridgehead atoms. The lowest BCUT2D eigenvalue weighted by atomic mass is 10.1. The number of ketones is 2. The number of benzene rings is 1. The zero-order chi connectivity index (χ0) is 20.5. The molecule has 0 amide bonds. The van der Waals surface area contributed by atoms with Crippen molar-refractivity contribution in [3.05, 3.63) is 52.9 Å². The molecule has 11 heteroatoms. The van der Waals surface area contributed by atoms with Gasteiger partial charge in [-0.1, -0.05) is 30.4 Å². The molecule has 0 unspecified atom stereocenters. The fourth-order valence-electron chi connectivity index (χ4n) is 2.54. The minimum atomic E-state index is -4.60. The maximum Gasteiger partial charge on any atom is 0.296 e. The van der Waals surface area contributed by atoms with Crippen LogP contribution in [-0.4, -0.2) is 41.8 Å². The van der Waals surface area contributed by atoms with Crippen molar-refractivity contribution in [1.82, 2.24) is 10.2 Å². The van der Waals surface area contributed by atoms with Gasteiger partial charge in [-0.15, -0.1) is 10.2 Å². The number of para-hydroxylation sites is 1. The second-order valence-corrected chi connectivity index (χ2v) is 8.01.